The Morgan fingerprint density at radius 2 is 1.70 bits per heavy atom. The van der Waals surface area contributed by atoms with Gasteiger partial charge in [-0.2, -0.15) is 13.2 Å². The summed E-state index contributed by atoms with van der Waals surface area (Å²) in [7, 11) is 0. The molecule has 2 aromatic rings. The molecule has 2 aromatic carbocycles. The molecule has 0 heterocycles. The molecular weight excluding hydrogens is 351 g/mol. The number of carbonyl (C=O) groups excluding carboxylic acids is 1. The summed E-state index contributed by atoms with van der Waals surface area (Å²) in [4.78, 5) is 15.0. The average Bonchev–Trinajstić information content (AvgIpc) is 3.50. The SMILES string of the molecule is O=C(C1CCCc2ccccc21)N(Cc1ccccc1C(F)(F)F)C1CC1. The van der Waals surface area contributed by atoms with E-state index in [1.807, 2.05) is 18.2 Å². The largest absolute Gasteiger partial charge is 0.416 e. The lowest BCUT2D eigenvalue weighted by Crippen LogP contribution is -2.38. The summed E-state index contributed by atoms with van der Waals surface area (Å²) < 4.78 is 40.1. The molecule has 142 valence electrons. The van der Waals surface area contributed by atoms with Crippen LogP contribution in [0.25, 0.3) is 0 Å². The molecule has 2 aliphatic carbocycles. The molecule has 1 saturated carbocycles. The van der Waals surface area contributed by atoms with Crippen LogP contribution in [0.5, 0.6) is 0 Å². The molecule has 0 N–H and O–H groups in total. The number of carbonyl (C=O) groups is 1. The lowest BCUT2D eigenvalue weighted by molar-refractivity contribution is -0.140. The number of halogens is 3. The smallest absolute Gasteiger partial charge is 0.335 e. The van der Waals surface area contributed by atoms with Gasteiger partial charge in [-0.25, -0.2) is 0 Å². The monoisotopic (exact) mass is 373 g/mol. The molecule has 27 heavy (non-hydrogen) atoms. The van der Waals surface area contributed by atoms with Gasteiger partial charge in [-0.3, -0.25) is 4.79 Å². The molecule has 2 nitrogen and oxygen atoms in total. The minimum absolute atomic E-state index is 0.0256. The second-order valence-electron chi connectivity index (χ2n) is 7.50. The Labute approximate surface area is 157 Å². The van der Waals surface area contributed by atoms with Gasteiger partial charge >= 0.3 is 6.18 Å². The van der Waals surface area contributed by atoms with E-state index >= 15 is 0 Å². The van der Waals surface area contributed by atoms with Crippen LogP contribution in [0.1, 0.15) is 53.9 Å². The highest BCUT2D eigenvalue weighted by molar-refractivity contribution is 5.85. The van der Waals surface area contributed by atoms with Crippen LogP contribution in [-0.4, -0.2) is 16.8 Å². The molecular formula is C22H22F3NO. The van der Waals surface area contributed by atoms with Gasteiger partial charge in [-0.15, -0.1) is 0 Å². The molecule has 1 unspecified atom stereocenters. The Morgan fingerprint density at radius 1 is 1.00 bits per heavy atom. The Hall–Kier alpha value is -2.30. The van der Waals surface area contributed by atoms with E-state index in [0.29, 0.717) is 0 Å². The van der Waals surface area contributed by atoms with Crippen LogP contribution in [0, 0.1) is 0 Å². The predicted octanol–water partition coefficient (Wildman–Crippen LogP) is 5.32. The molecule has 0 aromatic heterocycles. The van der Waals surface area contributed by atoms with Crippen molar-refractivity contribution in [1.29, 1.82) is 0 Å². The van der Waals surface area contributed by atoms with Crippen LogP contribution >= 0.6 is 0 Å². The fourth-order valence-electron chi connectivity index (χ4n) is 4.10. The van der Waals surface area contributed by atoms with E-state index in [9.17, 15) is 18.0 Å². The number of nitrogens with zero attached hydrogens (tertiary/aromatic N) is 1. The fraction of sp³-hybridized carbons (Fsp3) is 0.409. The number of alkyl halides is 3. The van der Waals surface area contributed by atoms with Crippen molar-refractivity contribution in [2.45, 2.75) is 56.8 Å². The molecule has 1 fully saturated rings. The fourth-order valence-corrected chi connectivity index (χ4v) is 4.10. The highest BCUT2D eigenvalue weighted by Gasteiger charge is 2.39. The molecule has 5 heteroatoms. The van der Waals surface area contributed by atoms with Gasteiger partial charge in [0.1, 0.15) is 0 Å². The first-order valence-corrected chi connectivity index (χ1v) is 9.48. The maximum Gasteiger partial charge on any atom is 0.416 e. The summed E-state index contributed by atoms with van der Waals surface area (Å²) in [5.41, 5.74) is 1.76. The number of hydrogen-bond donors (Lipinski definition) is 0. The summed E-state index contributed by atoms with van der Waals surface area (Å²) >= 11 is 0. The second kappa shape index (κ2) is 7.02. The minimum atomic E-state index is -4.41. The normalized spacial score (nSPS) is 19.4. The zero-order chi connectivity index (χ0) is 19.0. The summed E-state index contributed by atoms with van der Waals surface area (Å²) in [5.74, 6) is -0.268. The van der Waals surface area contributed by atoms with E-state index < -0.39 is 11.7 Å². The van der Waals surface area contributed by atoms with Crippen LogP contribution in [-0.2, 0) is 23.9 Å². The van der Waals surface area contributed by atoms with Crippen molar-refractivity contribution in [3.63, 3.8) is 0 Å². The second-order valence-corrected chi connectivity index (χ2v) is 7.50. The summed E-state index contributed by atoms with van der Waals surface area (Å²) in [6.45, 7) is 0.0256. The van der Waals surface area contributed by atoms with Crippen LogP contribution in [0.3, 0.4) is 0 Å². The van der Waals surface area contributed by atoms with Gasteiger partial charge in [0.05, 0.1) is 11.5 Å². The van der Waals surface area contributed by atoms with Gasteiger partial charge in [0.25, 0.3) is 0 Å². The number of fused-ring (bicyclic) bond motifs is 1. The minimum Gasteiger partial charge on any atom is -0.335 e. The van der Waals surface area contributed by atoms with Crippen LogP contribution < -0.4 is 0 Å². The maximum atomic E-state index is 13.4. The zero-order valence-electron chi connectivity index (χ0n) is 15.0. The van der Waals surface area contributed by atoms with Crippen molar-refractivity contribution in [2.75, 3.05) is 0 Å². The third-order valence-corrected chi connectivity index (χ3v) is 5.60. The topological polar surface area (TPSA) is 20.3 Å². The Bertz CT molecular complexity index is 841. The summed E-state index contributed by atoms with van der Waals surface area (Å²) in [5, 5.41) is 0. The number of rotatable bonds is 4. The molecule has 0 radical (unpaired) electrons. The first-order valence-electron chi connectivity index (χ1n) is 9.48. The van der Waals surface area contributed by atoms with Crippen molar-refractivity contribution >= 4 is 5.91 Å². The van der Waals surface area contributed by atoms with Crippen molar-refractivity contribution < 1.29 is 18.0 Å². The van der Waals surface area contributed by atoms with Crippen molar-refractivity contribution in [1.82, 2.24) is 4.90 Å². The van der Waals surface area contributed by atoms with Gasteiger partial charge in [0.15, 0.2) is 0 Å². The predicted molar refractivity (Wildman–Crippen MR) is 97.1 cm³/mol. The van der Waals surface area contributed by atoms with Gasteiger partial charge in [-0.05, 0) is 54.9 Å². The van der Waals surface area contributed by atoms with E-state index in [-0.39, 0.29) is 30.0 Å². The van der Waals surface area contributed by atoms with E-state index in [1.165, 1.54) is 17.7 Å². The van der Waals surface area contributed by atoms with Gasteiger partial charge in [-0.1, -0.05) is 42.5 Å². The lowest BCUT2D eigenvalue weighted by Gasteiger charge is -2.31. The van der Waals surface area contributed by atoms with E-state index in [0.717, 1.165) is 43.7 Å². The standard InChI is InChI=1S/C22H22F3NO/c23-22(24,25)20-11-4-2-7-16(20)14-26(17-12-13-17)21(27)19-10-5-8-15-6-1-3-9-18(15)19/h1-4,6-7,9,11,17,19H,5,8,10,12-14H2. The van der Waals surface area contributed by atoms with Crippen LogP contribution in [0.4, 0.5) is 13.2 Å². The van der Waals surface area contributed by atoms with E-state index in [1.54, 1.807) is 11.0 Å². The van der Waals surface area contributed by atoms with Gasteiger partial charge in [0.2, 0.25) is 5.91 Å². The molecule has 0 bridgehead atoms. The molecule has 2 aliphatic rings. The van der Waals surface area contributed by atoms with E-state index in [2.05, 4.69) is 6.07 Å². The Morgan fingerprint density at radius 3 is 2.44 bits per heavy atom. The number of amides is 1. The average molecular weight is 373 g/mol. The molecule has 0 aliphatic heterocycles. The molecule has 4 rings (SSSR count). The third kappa shape index (κ3) is 3.73. The van der Waals surface area contributed by atoms with Crippen molar-refractivity contribution in [3.05, 3.63) is 70.8 Å². The molecule has 0 saturated heterocycles. The molecule has 0 spiro atoms. The first-order chi connectivity index (χ1) is 12.9. The van der Waals surface area contributed by atoms with Gasteiger partial charge < -0.3 is 4.90 Å². The van der Waals surface area contributed by atoms with Crippen molar-refractivity contribution in [2.24, 2.45) is 0 Å². The quantitative estimate of drug-likeness (QED) is 0.711. The number of hydrogen-bond acceptors (Lipinski definition) is 1. The summed E-state index contributed by atoms with van der Waals surface area (Å²) in [6, 6.07) is 13.6. The number of benzene rings is 2. The molecule has 1 atom stereocenters. The zero-order valence-corrected chi connectivity index (χ0v) is 15.0. The first kappa shape index (κ1) is 18.1. The van der Waals surface area contributed by atoms with Gasteiger partial charge in [0, 0.05) is 12.6 Å². The highest BCUT2D eigenvalue weighted by atomic mass is 19.4. The number of aryl methyl sites for hydroxylation is 1. The third-order valence-electron chi connectivity index (χ3n) is 5.60. The van der Waals surface area contributed by atoms with Crippen LogP contribution in [0.15, 0.2) is 48.5 Å². The van der Waals surface area contributed by atoms with Crippen LogP contribution in [0.2, 0.25) is 0 Å². The van der Waals surface area contributed by atoms with E-state index in [4.69, 9.17) is 0 Å². The van der Waals surface area contributed by atoms with Crippen molar-refractivity contribution in [3.8, 4) is 0 Å². The lowest BCUT2D eigenvalue weighted by atomic mass is 9.82. The Kier molecular flexibility index (Phi) is 4.70. The molecule has 1 amide bonds. The summed E-state index contributed by atoms with van der Waals surface area (Å²) in [6.07, 6.45) is -0.0137. The maximum absolute atomic E-state index is 13.4. The highest BCUT2D eigenvalue weighted by Crippen LogP contribution is 2.39. The Balaban J connectivity index is 1.63.